The summed E-state index contributed by atoms with van der Waals surface area (Å²) in [5, 5.41) is 3.08. The van der Waals surface area contributed by atoms with E-state index in [4.69, 9.17) is 23.8 Å². The van der Waals surface area contributed by atoms with Crippen molar-refractivity contribution in [3.63, 3.8) is 0 Å². The molecule has 0 spiro atoms. The topological polar surface area (TPSA) is 54.3 Å². The molecule has 1 aromatic carbocycles. The molecule has 1 saturated heterocycles. The molecule has 2 aromatic rings. The molecule has 2 amide bonds. The van der Waals surface area contributed by atoms with Crippen molar-refractivity contribution in [1.29, 1.82) is 0 Å². The molecule has 2 heterocycles. The van der Waals surface area contributed by atoms with Crippen molar-refractivity contribution < 1.29 is 9.59 Å². The number of halogens is 1. The SMILES string of the molecule is Cc1cc(/C=C2\C(=O)NC(=S)N(c3cccc(Cl)c3)C2=O)c(C)n1C. The first-order valence-electron chi connectivity index (χ1n) is 7.59. The molecule has 128 valence electrons. The van der Waals surface area contributed by atoms with E-state index in [0.29, 0.717) is 10.7 Å². The van der Waals surface area contributed by atoms with Gasteiger partial charge in [-0.1, -0.05) is 17.7 Å². The Bertz CT molecular complexity index is 946. The van der Waals surface area contributed by atoms with Crippen LogP contribution in [0.15, 0.2) is 35.9 Å². The van der Waals surface area contributed by atoms with Crippen LogP contribution < -0.4 is 10.2 Å². The molecular formula is C18H16ClN3O2S. The van der Waals surface area contributed by atoms with Gasteiger partial charge in [-0.3, -0.25) is 19.8 Å². The molecule has 3 rings (SSSR count). The van der Waals surface area contributed by atoms with Crippen LogP contribution in [0.4, 0.5) is 5.69 Å². The smallest absolute Gasteiger partial charge is 0.270 e. The number of aryl methyl sites for hydroxylation is 1. The maximum absolute atomic E-state index is 12.9. The molecule has 0 radical (unpaired) electrons. The minimum absolute atomic E-state index is 0.0299. The van der Waals surface area contributed by atoms with Gasteiger partial charge in [-0.05, 0) is 62.0 Å². The first-order chi connectivity index (χ1) is 11.8. The van der Waals surface area contributed by atoms with Crippen molar-refractivity contribution in [2.75, 3.05) is 4.90 Å². The number of nitrogens with one attached hydrogen (secondary N) is 1. The van der Waals surface area contributed by atoms with E-state index in [9.17, 15) is 9.59 Å². The third kappa shape index (κ3) is 3.10. The van der Waals surface area contributed by atoms with Crippen LogP contribution >= 0.6 is 23.8 Å². The second kappa shape index (κ2) is 6.46. The average molecular weight is 374 g/mol. The Kier molecular flexibility index (Phi) is 4.49. The van der Waals surface area contributed by atoms with Gasteiger partial charge in [0.2, 0.25) is 0 Å². The summed E-state index contributed by atoms with van der Waals surface area (Å²) in [6.45, 7) is 3.90. The van der Waals surface area contributed by atoms with Crippen LogP contribution in [-0.4, -0.2) is 21.5 Å². The van der Waals surface area contributed by atoms with Gasteiger partial charge < -0.3 is 4.57 Å². The standard InChI is InChI=1S/C18H16ClN3O2S/c1-10-7-12(11(2)21(10)3)8-15-16(23)20-18(25)22(17(15)24)14-6-4-5-13(19)9-14/h4-9H,1-3H3,(H,20,23,25)/b15-8+. The third-order valence-corrected chi connectivity index (χ3v) is 4.80. The molecule has 1 N–H and O–H groups in total. The zero-order chi connectivity index (χ0) is 18.3. The molecule has 0 unspecified atom stereocenters. The predicted molar refractivity (Wildman–Crippen MR) is 103 cm³/mol. The Morgan fingerprint density at radius 2 is 1.92 bits per heavy atom. The number of hydrogen-bond donors (Lipinski definition) is 1. The Morgan fingerprint density at radius 1 is 1.20 bits per heavy atom. The third-order valence-electron chi connectivity index (χ3n) is 4.28. The van der Waals surface area contributed by atoms with Gasteiger partial charge in [-0.15, -0.1) is 0 Å². The van der Waals surface area contributed by atoms with Gasteiger partial charge in [-0.25, -0.2) is 0 Å². The lowest BCUT2D eigenvalue weighted by atomic mass is 10.1. The normalized spacial score (nSPS) is 16.6. The number of aromatic nitrogens is 1. The summed E-state index contributed by atoms with van der Waals surface area (Å²) < 4.78 is 2.00. The summed E-state index contributed by atoms with van der Waals surface area (Å²) in [5.41, 5.74) is 3.36. The van der Waals surface area contributed by atoms with Crippen molar-refractivity contribution in [2.24, 2.45) is 7.05 Å². The number of benzene rings is 1. The van der Waals surface area contributed by atoms with Crippen molar-refractivity contribution >= 4 is 52.5 Å². The fourth-order valence-electron chi connectivity index (χ4n) is 2.69. The van der Waals surface area contributed by atoms with Gasteiger partial charge in [0.15, 0.2) is 5.11 Å². The average Bonchev–Trinajstić information content (AvgIpc) is 2.78. The summed E-state index contributed by atoms with van der Waals surface area (Å²) in [4.78, 5) is 26.5. The number of hydrogen-bond acceptors (Lipinski definition) is 3. The molecule has 1 fully saturated rings. The Hall–Kier alpha value is -2.44. The van der Waals surface area contributed by atoms with E-state index in [1.807, 2.05) is 31.5 Å². The number of nitrogens with zero attached hydrogens (tertiary/aromatic N) is 2. The maximum atomic E-state index is 12.9. The van der Waals surface area contributed by atoms with Crippen molar-refractivity contribution in [1.82, 2.24) is 9.88 Å². The second-order valence-corrected chi connectivity index (χ2v) is 6.65. The van der Waals surface area contributed by atoms with Crippen LogP contribution in [0.25, 0.3) is 6.08 Å². The molecule has 0 bridgehead atoms. The van der Waals surface area contributed by atoms with Crippen LogP contribution in [0, 0.1) is 13.8 Å². The van der Waals surface area contributed by atoms with E-state index >= 15 is 0 Å². The molecule has 0 atom stereocenters. The summed E-state index contributed by atoms with van der Waals surface area (Å²) in [6.07, 6.45) is 1.60. The monoisotopic (exact) mass is 373 g/mol. The predicted octanol–water partition coefficient (Wildman–Crippen LogP) is 3.13. The van der Waals surface area contributed by atoms with Gasteiger partial charge in [0, 0.05) is 23.5 Å². The zero-order valence-electron chi connectivity index (χ0n) is 14.0. The fraction of sp³-hybridized carbons (Fsp3) is 0.167. The van der Waals surface area contributed by atoms with Crippen LogP contribution in [0.1, 0.15) is 17.0 Å². The highest BCUT2D eigenvalue weighted by Crippen LogP contribution is 2.25. The highest BCUT2D eigenvalue weighted by molar-refractivity contribution is 7.80. The summed E-state index contributed by atoms with van der Waals surface area (Å²) >= 11 is 11.2. The first-order valence-corrected chi connectivity index (χ1v) is 8.38. The molecule has 25 heavy (non-hydrogen) atoms. The molecule has 1 aliphatic rings. The minimum atomic E-state index is -0.505. The van der Waals surface area contributed by atoms with E-state index in [1.165, 1.54) is 4.90 Å². The number of amides is 2. The fourth-order valence-corrected chi connectivity index (χ4v) is 3.16. The largest absolute Gasteiger partial charge is 0.352 e. The number of carbonyl (C=O) groups is 2. The summed E-state index contributed by atoms with van der Waals surface area (Å²) in [6, 6.07) is 8.69. The number of thiocarbonyl (C=S) groups is 1. The van der Waals surface area contributed by atoms with Gasteiger partial charge >= 0.3 is 0 Å². The maximum Gasteiger partial charge on any atom is 0.270 e. The van der Waals surface area contributed by atoms with Crippen LogP contribution in [0.5, 0.6) is 0 Å². The van der Waals surface area contributed by atoms with Crippen molar-refractivity contribution in [2.45, 2.75) is 13.8 Å². The lowest BCUT2D eigenvalue weighted by Gasteiger charge is -2.29. The van der Waals surface area contributed by atoms with E-state index in [0.717, 1.165) is 17.0 Å². The quantitative estimate of drug-likeness (QED) is 0.500. The first kappa shape index (κ1) is 17.4. The second-order valence-electron chi connectivity index (χ2n) is 5.82. The van der Waals surface area contributed by atoms with Gasteiger partial charge in [0.25, 0.3) is 11.8 Å². The van der Waals surface area contributed by atoms with Crippen LogP contribution in [0.3, 0.4) is 0 Å². The molecule has 0 saturated carbocycles. The van der Waals surface area contributed by atoms with Gasteiger partial charge in [0.05, 0.1) is 5.69 Å². The van der Waals surface area contributed by atoms with Crippen molar-refractivity contribution in [3.05, 3.63) is 57.9 Å². The molecule has 0 aliphatic carbocycles. The van der Waals surface area contributed by atoms with Crippen molar-refractivity contribution in [3.8, 4) is 0 Å². The summed E-state index contributed by atoms with van der Waals surface area (Å²) in [7, 11) is 1.93. The molecule has 1 aromatic heterocycles. The van der Waals surface area contributed by atoms with Gasteiger partial charge in [-0.2, -0.15) is 0 Å². The molecule has 5 nitrogen and oxygen atoms in total. The highest BCUT2D eigenvalue weighted by Gasteiger charge is 2.34. The van der Waals surface area contributed by atoms with Crippen LogP contribution in [0.2, 0.25) is 5.02 Å². The van der Waals surface area contributed by atoms with E-state index in [-0.39, 0.29) is 10.7 Å². The molecule has 1 aliphatic heterocycles. The Labute approximate surface area is 155 Å². The number of rotatable bonds is 2. The molecular weight excluding hydrogens is 358 g/mol. The minimum Gasteiger partial charge on any atom is -0.352 e. The van der Waals surface area contributed by atoms with Crippen LogP contribution in [-0.2, 0) is 16.6 Å². The number of anilines is 1. The summed E-state index contributed by atoms with van der Waals surface area (Å²) in [5.74, 6) is -0.980. The zero-order valence-corrected chi connectivity index (χ0v) is 15.5. The lowest BCUT2D eigenvalue weighted by Crippen LogP contribution is -2.54. The highest BCUT2D eigenvalue weighted by atomic mass is 35.5. The Balaban J connectivity index is 2.06. The molecule has 7 heteroatoms. The lowest BCUT2D eigenvalue weighted by molar-refractivity contribution is -0.122. The number of carbonyl (C=O) groups excluding carboxylic acids is 2. The van der Waals surface area contributed by atoms with E-state index < -0.39 is 11.8 Å². The van der Waals surface area contributed by atoms with E-state index in [1.54, 1.807) is 30.3 Å². The van der Waals surface area contributed by atoms with E-state index in [2.05, 4.69) is 5.32 Å². The Morgan fingerprint density at radius 3 is 2.52 bits per heavy atom. The van der Waals surface area contributed by atoms with Gasteiger partial charge in [0.1, 0.15) is 5.57 Å².